The maximum absolute atomic E-state index is 13.9. The largest absolute Gasteiger partial charge is 0.351 e. The summed E-state index contributed by atoms with van der Waals surface area (Å²) in [6, 6.07) is 35.2. The third-order valence-electron chi connectivity index (χ3n) is 8.56. The molecule has 2 aromatic heterocycles. The van der Waals surface area contributed by atoms with Crippen molar-refractivity contribution in [1.82, 2.24) is 25.1 Å². The van der Waals surface area contributed by atoms with Gasteiger partial charge in [-0.3, -0.25) is 14.5 Å². The van der Waals surface area contributed by atoms with E-state index in [0.29, 0.717) is 37.3 Å². The zero-order valence-electron chi connectivity index (χ0n) is 25.5. The first kappa shape index (κ1) is 31.2. The van der Waals surface area contributed by atoms with Crippen LogP contribution in [0.3, 0.4) is 0 Å². The molecule has 0 radical (unpaired) electrons. The molecule has 0 spiro atoms. The summed E-state index contributed by atoms with van der Waals surface area (Å²) in [7, 11) is 0. The SMILES string of the molecule is O=C(NCCN1CCN(C(=O)c2cc(-c3ccc(Br)cc3)nc3ccccc23)CC1)c1cc(-c2ccc(Br)cc2)nc2ccccc12. The number of halogens is 2. The molecule has 0 saturated carbocycles. The van der Waals surface area contributed by atoms with Crippen molar-refractivity contribution in [2.24, 2.45) is 0 Å². The van der Waals surface area contributed by atoms with E-state index >= 15 is 0 Å². The molecule has 9 heteroatoms. The number of amides is 2. The van der Waals surface area contributed by atoms with Gasteiger partial charge in [-0.15, -0.1) is 0 Å². The number of carbonyl (C=O) groups is 2. The Morgan fingerprint density at radius 3 is 1.68 bits per heavy atom. The Hall–Kier alpha value is -4.44. The van der Waals surface area contributed by atoms with Gasteiger partial charge in [0.15, 0.2) is 0 Å². The number of pyridine rings is 2. The van der Waals surface area contributed by atoms with Gasteiger partial charge in [0.25, 0.3) is 11.8 Å². The van der Waals surface area contributed by atoms with E-state index in [-0.39, 0.29) is 11.8 Å². The number of piperazine rings is 1. The van der Waals surface area contributed by atoms with Gasteiger partial charge in [-0.2, -0.15) is 0 Å². The summed E-state index contributed by atoms with van der Waals surface area (Å²) in [5.74, 6) is -0.108. The molecule has 234 valence electrons. The van der Waals surface area contributed by atoms with Crippen LogP contribution in [-0.2, 0) is 0 Å². The number of fused-ring (bicyclic) bond motifs is 2. The van der Waals surface area contributed by atoms with Gasteiger partial charge in [0, 0.05) is 70.1 Å². The van der Waals surface area contributed by atoms with Crippen molar-refractivity contribution in [3.05, 3.63) is 129 Å². The molecule has 7 nitrogen and oxygen atoms in total. The van der Waals surface area contributed by atoms with Crippen molar-refractivity contribution in [1.29, 1.82) is 0 Å². The summed E-state index contributed by atoms with van der Waals surface area (Å²) in [5.41, 5.74) is 6.31. The maximum atomic E-state index is 13.9. The van der Waals surface area contributed by atoms with Gasteiger partial charge in [0.2, 0.25) is 0 Å². The molecular formula is C38H31Br2N5O2. The van der Waals surface area contributed by atoms with Gasteiger partial charge < -0.3 is 10.2 Å². The van der Waals surface area contributed by atoms with Gasteiger partial charge in [-0.25, -0.2) is 9.97 Å². The van der Waals surface area contributed by atoms with E-state index in [9.17, 15) is 9.59 Å². The van der Waals surface area contributed by atoms with E-state index in [2.05, 4.69) is 42.1 Å². The lowest BCUT2D eigenvalue weighted by Gasteiger charge is -2.35. The second kappa shape index (κ2) is 13.7. The standard InChI is InChI=1S/C38H31Br2N5O2/c39-27-13-9-25(10-14-27)35-23-31(29-5-1-3-7-33(29)42-35)37(46)41-17-18-44-19-21-45(22-20-44)38(47)32-24-36(26-11-15-28(40)16-12-26)43-34-8-4-2-6-30(32)34/h1-16,23-24H,17-22H2,(H,41,46). The minimum Gasteiger partial charge on any atom is -0.351 e. The minimum absolute atomic E-state index is 0.0149. The smallest absolute Gasteiger partial charge is 0.254 e. The van der Waals surface area contributed by atoms with E-state index in [4.69, 9.17) is 9.97 Å². The first-order chi connectivity index (χ1) is 22.9. The predicted octanol–water partition coefficient (Wildman–Crippen LogP) is 7.83. The molecule has 7 rings (SSSR count). The van der Waals surface area contributed by atoms with Crippen LogP contribution in [0.2, 0.25) is 0 Å². The molecule has 1 saturated heterocycles. The highest BCUT2D eigenvalue weighted by atomic mass is 79.9. The van der Waals surface area contributed by atoms with Gasteiger partial charge in [-0.05, 0) is 48.5 Å². The molecule has 0 aliphatic carbocycles. The third-order valence-corrected chi connectivity index (χ3v) is 9.62. The molecule has 0 unspecified atom stereocenters. The number of nitrogens with one attached hydrogen (secondary N) is 1. The van der Waals surface area contributed by atoms with Crippen molar-refractivity contribution in [3.63, 3.8) is 0 Å². The van der Waals surface area contributed by atoms with Crippen LogP contribution in [0.25, 0.3) is 44.3 Å². The number of aromatic nitrogens is 2. The number of hydrogen-bond donors (Lipinski definition) is 1. The van der Waals surface area contributed by atoms with Crippen LogP contribution in [0.4, 0.5) is 0 Å². The van der Waals surface area contributed by atoms with E-state index in [1.807, 2.05) is 114 Å². The summed E-state index contributed by atoms with van der Waals surface area (Å²) < 4.78 is 1.98. The lowest BCUT2D eigenvalue weighted by Crippen LogP contribution is -2.50. The van der Waals surface area contributed by atoms with Gasteiger partial charge in [-0.1, -0.05) is 92.5 Å². The second-order valence-electron chi connectivity index (χ2n) is 11.5. The Morgan fingerprint density at radius 2 is 1.13 bits per heavy atom. The topological polar surface area (TPSA) is 78.4 Å². The van der Waals surface area contributed by atoms with E-state index in [1.54, 1.807) is 0 Å². The summed E-state index contributed by atoms with van der Waals surface area (Å²) in [5, 5.41) is 4.81. The third kappa shape index (κ3) is 6.83. The lowest BCUT2D eigenvalue weighted by atomic mass is 10.0. The van der Waals surface area contributed by atoms with Crippen LogP contribution < -0.4 is 5.32 Å². The normalized spacial score (nSPS) is 13.6. The van der Waals surface area contributed by atoms with Crippen LogP contribution in [-0.4, -0.2) is 70.9 Å². The Labute approximate surface area is 289 Å². The van der Waals surface area contributed by atoms with Crippen molar-refractivity contribution in [3.8, 4) is 22.5 Å². The highest BCUT2D eigenvalue weighted by molar-refractivity contribution is 9.10. The van der Waals surface area contributed by atoms with Crippen LogP contribution in [0.15, 0.2) is 118 Å². The molecular weight excluding hydrogens is 718 g/mol. The Kier molecular flexibility index (Phi) is 9.11. The predicted molar refractivity (Wildman–Crippen MR) is 194 cm³/mol. The molecule has 0 bridgehead atoms. The minimum atomic E-state index is -0.123. The summed E-state index contributed by atoms with van der Waals surface area (Å²) in [6.07, 6.45) is 0. The van der Waals surface area contributed by atoms with Crippen LogP contribution in [0, 0.1) is 0 Å². The second-order valence-corrected chi connectivity index (χ2v) is 13.4. The van der Waals surface area contributed by atoms with Crippen LogP contribution in [0.5, 0.6) is 0 Å². The number of para-hydroxylation sites is 2. The molecule has 4 aromatic carbocycles. The number of carbonyl (C=O) groups excluding carboxylic acids is 2. The zero-order valence-corrected chi connectivity index (χ0v) is 28.7. The van der Waals surface area contributed by atoms with Gasteiger partial charge in [0.1, 0.15) is 0 Å². The first-order valence-electron chi connectivity index (χ1n) is 15.5. The molecule has 1 N–H and O–H groups in total. The monoisotopic (exact) mass is 747 g/mol. The number of rotatable bonds is 7. The number of nitrogens with zero attached hydrogens (tertiary/aromatic N) is 4. The van der Waals surface area contributed by atoms with Crippen molar-refractivity contribution in [2.75, 3.05) is 39.3 Å². The fourth-order valence-corrected chi connectivity index (χ4v) is 6.55. The maximum Gasteiger partial charge on any atom is 0.254 e. The van der Waals surface area contributed by atoms with Crippen LogP contribution >= 0.6 is 31.9 Å². The van der Waals surface area contributed by atoms with Gasteiger partial charge >= 0.3 is 0 Å². The van der Waals surface area contributed by atoms with Crippen molar-refractivity contribution >= 4 is 65.5 Å². The first-order valence-corrected chi connectivity index (χ1v) is 17.1. The van der Waals surface area contributed by atoms with Gasteiger partial charge in [0.05, 0.1) is 33.5 Å². The lowest BCUT2D eigenvalue weighted by molar-refractivity contribution is 0.0640. The van der Waals surface area contributed by atoms with Crippen molar-refractivity contribution in [2.45, 2.75) is 0 Å². The molecule has 6 aromatic rings. The van der Waals surface area contributed by atoms with E-state index in [1.165, 1.54) is 0 Å². The zero-order chi connectivity index (χ0) is 32.3. The molecule has 47 heavy (non-hydrogen) atoms. The molecule has 1 aliphatic heterocycles. The number of hydrogen-bond acceptors (Lipinski definition) is 5. The molecule has 1 aliphatic rings. The quantitative estimate of drug-likeness (QED) is 0.180. The Balaban J connectivity index is 1.00. The highest BCUT2D eigenvalue weighted by Crippen LogP contribution is 2.28. The highest BCUT2D eigenvalue weighted by Gasteiger charge is 2.24. The average molecular weight is 750 g/mol. The summed E-state index contributed by atoms with van der Waals surface area (Å²) in [4.78, 5) is 41.2. The number of benzene rings is 4. The molecule has 0 atom stereocenters. The van der Waals surface area contributed by atoms with Crippen molar-refractivity contribution < 1.29 is 9.59 Å². The fraction of sp³-hybridized carbons (Fsp3) is 0.158. The van der Waals surface area contributed by atoms with Crippen LogP contribution in [0.1, 0.15) is 20.7 Å². The Bertz CT molecular complexity index is 2090. The molecule has 1 fully saturated rings. The summed E-state index contributed by atoms with van der Waals surface area (Å²) in [6.45, 7) is 3.89. The average Bonchev–Trinajstić information content (AvgIpc) is 3.11. The molecule has 3 heterocycles. The summed E-state index contributed by atoms with van der Waals surface area (Å²) >= 11 is 6.98. The van der Waals surface area contributed by atoms with E-state index < -0.39 is 0 Å². The Morgan fingerprint density at radius 1 is 0.638 bits per heavy atom. The molecule has 2 amide bonds. The van der Waals surface area contributed by atoms with E-state index in [0.717, 1.165) is 66.4 Å². The fourth-order valence-electron chi connectivity index (χ4n) is 6.02.